The molecule has 0 spiro atoms. The Morgan fingerprint density at radius 2 is 1.50 bits per heavy atom. The van der Waals surface area contributed by atoms with Crippen LogP contribution in [0.1, 0.15) is 177 Å². The molecule has 0 aromatic heterocycles. The third-order valence-corrected chi connectivity index (χ3v) is 14.0. The highest BCUT2D eigenvalue weighted by molar-refractivity contribution is 5.70. The summed E-state index contributed by atoms with van der Waals surface area (Å²) in [5, 5.41) is 0. The van der Waals surface area contributed by atoms with Crippen LogP contribution in [0.2, 0.25) is 0 Å². The summed E-state index contributed by atoms with van der Waals surface area (Å²) in [5.74, 6) is 7.88. The summed E-state index contributed by atoms with van der Waals surface area (Å²) in [7, 11) is 0. The van der Waals surface area contributed by atoms with Gasteiger partial charge in [-0.2, -0.15) is 0 Å². The molecule has 0 amide bonds. The van der Waals surface area contributed by atoms with Crippen LogP contribution in [0.4, 0.5) is 0 Å². The lowest BCUT2D eigenvalue weighted by atomic mass is 9.45. The van der Waals surface area contributed by atoms with Crippen molar-refractivity contribution in [3.63, 3.8) is 0 Å². The Labute approximate surface area is 262 Å². The molecule has 0 saturated heterocycles. The number of unbranched alkanes of at least 4 members (excludes halogenated alkanes) is 8. The summed E-state index contributed by atoms with van der Waals surface area (Å²) in [6.45, 7) is 17.5. The van der Waals surface area contributed by atoms with E-state index < -0.39 is 0 Å². The van der Waals surface area contributed by atoms with Crippen LogP contribution in [0.5, 0.6) is 0 Å². The predicted octanol–water partition coefficient (Wildman–Crippen LogP) is 12.3. The summed E-state index contributed by atoms with van der Waals surface area (Å²) in [6, 6.07) is 0. The molecule has 0 aliphatic heterocycles. The fourth-order valence-electron chi connectivity index (χ4n) is 10.7. The Balaban J connectivity index is 1.25. The average molecular weight is 583 g/mol. The number of allylic oxidation sites excluding steroid dienone is 2. The number of rotatable bonds is 16. The van der Waals surface area contributed by atoms with E-state index in [4.69, 9.17) is 4.74 Å². The van der Waals surface area contributed by atoms with E-state index in [1.165, 1.54) is 103 Å². The Hall–Kier alpha value is -0.790. The van der Waals surface area contributed by atoms with Gasteiger partial charge in [0, 0.05) is 12.8 Å². The number of esters is 1. The molecule has 0 heterocycles. The molecule has 0 N–H and O–H groups in total. The SMILES string of the molecule is CCCCCCCCCCCC(=O)OC1=CC[C@@]2(C)C(CC[C@H]3[C@@H]4CC[C@H]([C@H](C)CC[C@H](C)C(C)C)[C@@]4(C)CC[C@@H]32)C1. The van der Waals surface area contributed by atoms with Gasteiger partial charge in [0.25, 0.3) is 0 Å². The smallest absolute Gasteiger partial charge is 0.310 e. The first-order chi connectivity index (χ1) is 20.1. The molecule has 4 rings (SSSR count). The van der Waals surface area contributed by atoms with E-state index >= 15 is 0 Å². The largest absolute Gasteiger partial charge is 0.431 e. The maximum atomic E-state index is 12.7. The second-order valence-electron chi connectivity index (χ2n) is 16.8. The zero-order valence-electron chi connectivity index (χ0n) is 29.2. The van der Waals surface area contributed by atoms with Gasteiger partial charge in [-0.1, -0.05) is 113 Å². The first-order valence-electron chi connectivity index (χ1n) is 19.0. The molecule has 242 valence electrons. The number of fused-ring (bicyclic) bond motifs is 5. The zero-order chi connectivity index (χ0) is 30.3. The first kappa shape index (κ1) is 34.1. The molecular weight excluding hydrogens is 512 g/mol. The van der Waals surface area contributed by atoms with E-state index in [1.54, 1.807) is 0 Å². The van der Waals surface area contributed by atoms with Gasteiger partial charge >= 0.3 is 5.97 Å². The standard InChI is InChI=1S/C40H70O2/c1-8-9-10-11-12-13-14-15-16-17-38(41)42-33-24-26-39(6)32(28-33)20-21-34-36-23-22-35(40(36,7)27-25-37(34)39)31(5)19-18-30(4)29(2)3/h24,29-32,34-37H,8-23,25-28H2,1-7H3/t30-,31+,32?,34-,35+,36-,37-,39-,40+/m0/s1. The lowest BCUT2D eigenvalue weighted by Gasteiger charge is -2.60. The summed E-state index contributed by atoms with van der Waals surface area (Å²) in [5.41, 5.74) is 0.957. The summed E-state index contributed by atoms with van der Waals surface area (Å²) in [4.78, 5) is 12.7. The molecule has 4 aliphatic rings. The van der Waals surface area contributed by atoms with E-state index in [-0.39, 0.29) is 5.97 Å². The van der Waals surface area contributed by atoms with Crippen molar-refractivity contribution in [3.8, 4) is 0 Å². The normalized spacial score (nSPS) is 35.6. The van der Waals surface area contributed by atoms with Crippen LogP contribution < -0.4 is 0 Å². The summed E-state index contributed by atoms with van der Waals surface area (Å²) in [6.07, 6.45) is 28.0. The molecule has 3 saturated carbocycles. The van der Waals surface area contributed by atoms with Gasteiger partial charge in [-0.25, -0.2) is 0 Å². The van der Waals surface area contributed by atoms with Crippen LogP contribution in [-0.4, -0.2) is 5.97 Å². The van der Waals surface area contributed by atoms with Crippen molar-refractivity contribution in [2.45, 2.75) is 177 Å². The number of hydrogen-bond donors (Lipinski definition) is 0. The van der Waals surface area contributed by atoms with Gasteiger partial charge in [0.2, 0.25) is 0 Å². The maximum absolute atomic E-state index is 12.7. The molecule has 3 fully saturated rings. The van der Waals surface area contributed by atoms with E-state index in [0.29, 0.717) is 23.2 Å². The van der Waals surface area contributed by atoms with Gasteiger partial charge in [-0.05, 0) is 116 Å². The van der Waals surface area contributed by atoms with Crippen molar-refractivity contribution >= 4 is 5.97 Å². The third-order valence-electron chi connectivity index (χ3n) is 14.0. The van der Waals surface area contributed by atoms with Gasteiger partial charge in [-0.15, -0.1) is 0 Å². The molecule has 1 unspecified atom stereocenters. The molecule has 9 atom stereocenters. The van der Waals surface area contributed by atoms with Crippen LogP contribution in [0, 0.1) is 58.2 Å². The highest BCUT2D eigenvalue weighted by Crippen LogP contribution is 2.68. The summed E-state index contributed by atoms with van der Waals surface area (Å²) < 4.78 is 6.00. The average Bonchev–Trinajstić information content (AvgIpc) is 3.32. The number of carbonyl (C=O) groups excluding carboxylic acids is 1. The predicted molar refractivity (Wildman–Crippen MR) is 179 cm³/mol. The molecule has 2 heteroatoms. The highest BCUT2D eigenvalue weighted by atomic mass is 16.5. The fourth-order valence-corrected chi connectivity index (χ4v) is 10.7. The number of ether oxygens (including phenoxy) is 1. The van der Waals surface area contributed by atoms with Crippen molar-refractivity contribution in [3.05, 3.63) is 11.8 Å². The van der Waals surface area contributed by atoms with Crippen molar-refractivity contribution in [1.29, 1.82) is 0 Å². The summed E-state index contributed by atoms with van der Waals surface area (Å²) >= 11 is 0. The minimum atomic E-state index is 0.0174. The monoisotopic (exact) mass is 583 g/mol. The molecule has 0 radical (unpaired) electrons. The quantitative estimate of drug-likeness (QED) is 0.134. The van der Waals surface area contributed by atoms with Gasteiger partial charge in [-0.3, -0.25) is 4.79 Å². The molecule has 2 nitrogen and oxygen atoms in total. The number of carbonyl (C=O) groups is 1. The van der Waals surface area contributed by atoms with Crippen LogP contribution >= 0.6 is 0 Å². The van der Waals surface area contributed by atoms with Crippen LogP contribution in [0.3, 0.4) is 0 Å². The van der Waals surface area contributed by atoms with E-state index in [1.807, 2.05) is 0 Å². The van der Waals surface area contributed by atoms with Gasteiger partial charge in [0.15, 0.2) is 0 Å². The second kappa shape index (κ2) is 15.5. The van der Waals surface area contributed by atoms with Crippen LogP contribution in [-0.2, 0) is 9.53 Å². The van der Waals surface area contributed by atoms with E-state index in [0.717, 1.165) is 66.4 Å². The first-order valence-corrected chi connectivity index (χ1v) is 19.0. The minimum absolute atomic E-state index is 0.0174. The third kappa shape index (κ3) is 7.88. The Bertz CT molecular complexity index is 873. The molecule has 0 aromatic rings. The van der Waals surface area contributed by atoms with Crippen LogP contribution in [0.25, 0.3) is 0 Å². The topological polar surface area (TPSA) is 26.3 Å². The molecule has 0 bridgehead atoms. The van der Waals surface area contributed by atoms with Gasteiger partial charge < -0.3 is 4.74 Å². The minimum Gasteiger partial charge on any atom is -0.431 e. The maximum Gasteiger partial charge on any atom is 0.310 e. The van der Waals surface area contributed by atoms with Crippen molar-refractivity contribution in [2.75, 3.05) is 0 Å². The Morgan fingerprint density at radius 1 is 0.833 bits per heavy atom. The van der Waals surface area contributed by atoms with Crippen molar-refractivity contribution < 1.29 is 9.53 Å². The second-order valence-corrected chi connectivity index (χ2v) is 16.8. The lowest BCUT2D eigenvalue weighted by molar-refractivity contribution is -0.142. The highest BCUT2D eigenvalue weighted by Gasteiger charge is 2.60. The van der Waals surface area contributed by atoms with Crippen molar-refractivity contribution in [2.24, 2.45) is 58.2 Å². The zero-order valence-corrected chi connectivity index (χ0v) is 29.2. The fraction of sp³-hybridized carbons (Fsp3) is 0.925. The Morgan fingerprint density at radius 3 is 2.19 bits per heavy atom. The van der Waals surface area contributed by atoms with Crippen LogP contribution in [0.15, 0.2) is 11.8 Å². The van der Waals surface area contributed by atoms with Gasteiger partial charge in [0.1, 0.15) is 5.76 Å². The Kier molecular flexibility index (Phi) is 12.6. The number of hydrogen-bond acceptors (Lipinski definition) is 2. The molecule has 42 heavy (non-hydrogen) atoms. The van der Waals surface area contributed by atoms with Gasteiger partial charge in [0.05, 0.1) is 0 Å². The van der Waals surface area contributed by atoms with E-state index in [9.17, 15) is 4.79 Å². The molecule has 4 aliphatic carbocycles. The lowest BCUT2D eigenvalue weighted by Crippen LogP contribution is -2.53. The molecule has 0 aromatic carbocycles. The van der Waals surface area contributed by atoms with Crippen molar-refractivity contribution in [1.82, 2.24) is 0 Å². The van der Waals surface area contributed by atoms with E-state index in [2.05, 4.69) is 54.5 Å². The molecular formula is C40H70O2.